The van der Waals surface area contributed by atoms with Gasteiger partial charge in [0.2, 0.25) is 0 Å². The Kier molecular flexibility index (Phi) is 67.6. The maximum absolute atomic E-state index is 13.0. The molecule has 1 unspecified atom stereocenters. The molecular weight excluding hydrogens is 997 g/mol. The van der Waals surface area contributed by atoms with Crippen molar-refractivity contribution in [2.45, 2.75) is 399 Å². The Bertz CT molecular complexity index is 1400. The number of hydrogen-bond acceptors (Lipinski definition) is 6. The molecule has 0 bridgehead atoms. The van der Waals surface area contributed by atoms with Crippen LogP contribution in [0.25, 0.3) is 0 Å². The smallest absolute Gasteiger partial charge is 0.306 e. The van der Waals surface area contributed by atoms with E-state index in [4.69, 9.17) is 14.2 Å². The van der Waals surface area contributed by atoms with Gasteiger partial charge in [0.1, 0.15) is 13.2 Å². The average Bonchev–Trinajstić information content (AvgIpc) is 3.47. The minimum Gasteiger partial charge on any atom is -0.462 e. The standard InChI is InChI=1S/C75H138O6/c1-4-7-10-13-16-19-22-25-28-31-33-35-36-37-38-40-41-44-47-50-53-56-59-62-65-68-74(77)80-71-72(70-79-73(76)67-64-61-58-55-52-49-46-43-30-27-24-21-18-15-12-9-6-3)81-75(78)69-66-63-60-57-54-51-48-45-42-39-34-32-29-26-23-20-17-14-11-8-5-2/h22-23,25-26,31-34,72H,4-21,24,27-30,35-71H2,1-3H3/b25-22-,26-23-,33-31-,34-32-. The number of hydrogen-bond donors (Lipinski definition) is 0. The van der Waals surface area contributed by atoms with Gasteiger partial charge in [0.05, 0.1) is 0 Å². The Balaban J connectivity index is 4.31. The van der Waals surface area contributed by atoms with Crippen molar-refractivity contribution >= 4 is 17.9 Å². The first-order chi connectivity index (χ1) is 40.0. The number of carbonyl (C=O) groups is 3. The SMILES string of the molecule is CCCCCCC/C=C\C/C=C\CCCCCCCCCCCCCCCC(=O)OCC(COC(=O)CCCCCCCCCCCCCCCCCCC)OC(=O)CCCCCCCCCCC/C=C\C/C=C\CCCCCCC. The third-order valence-corrected chi connectivity index (χ3v) is 16.3. The second kappa shape index (κ2) is 69.9. The Hall–Kier alpha value is -2.63. The monoisotopic (exact) mass is 1140 g/mol. The van der Waals surface area contributed by atoms with E-state index in [-0.39, 0.29) is 31.1 Å². The maximum Gasteiger partial charge on any atom is 0.306 e. The van der Waals surface area contributed by atoms with Crippen LogP contribution in [-0.4, -0.2) is 37.2 Å². The molecule has 0 aliphatic carbocycles. The van der Waals surface area contributed by atoms with E-state index in [0.29, 0.717) is 19.3 Å². The normalized spacial score (nSPS) is 12.3. The summed E-state index contributed by atoms with van der Waals surface area (Å²) in [6, 6.07) is 0. The number of carbonyl (C=O) groups excluding carboxylic acids is 3. The largest absolute Gasteiger partial charge is 0.462 e. The van der Waals surface area contributed by atoms with E-state index < -0.39 is 6.10 Å². The van der Waals surface area contributed by atoms with Crippen molar-refractivity contribution in [3.05, 3.63) is 48.6 Å². The van der Waals surface area contributed by atoms with E-state index in [1.807, 2.05) is 0 Å². The molecule has 0 spiro atoms. The molecular formula is C75H138O6. The predicted molar refractivity (Wildman–Crippen MR) is 353 cm³/mol. The highest BCUT2D eigenvalue weighted by Gasteiger charge is 2.19. The van der Waals surface area contributed by atoms with Crippen LogP contribution >= 0.6 is 0 Å². The van der Waals surface area contributed by atoms with Crippen LogP contribution in [0, 0.1) is 0 Å². The third kappa shape index (κ3) is 68.0. The fourth-order valence-corrected chi connectivity index (χ4v) is 10.9. The molecule has 6 nitrogen and oxygen atoms in total. The first-order valence-corrected chi connectivity index (χ1v) is 36.1. The first-order valence-electron chi connectivity index (χ1n) is 36.1. The van der Waals surface area contributed by atoms with Crippen LogP contribution in [0.15, 0.2) is 48.6 Å². The van der Waals surface area contributed by atoms with Gasteiger partial charge in [-0.15, -0.1) is 0 Å². The van der Waals surface area contributed by atoms with Gasteiger partial charge in [0.25, 0.3) is 0 Å². The molecule has 0 N–H and O–H groups in total. The van der Waals surface area contributed by atoms with Gasteiger partial charge >= 0.3 is 17.9 Å². The number of ether oxygens (including phenoxy) is 3. The van der Waals surface area contributed by atoms with E-state index in [1.165, 1.54) is 283 Å². The quantitative estimate of drug-likeness (QED) is 0.0261. The molecule has 0 aromatic heterocycles. The average molecular weight is 1140 g/mol. The second-order valence-corrected chi connectivity index (χ2v) is 24.5. The van der Waals surface area contributed by atoms with Crippen LogP contribution in [0.4, 0.5) is 0 Å². The lowest BCUT2D eigenvalue weighted by atomic mass is 10.0. The lowest BCUT2D eigenvalue weighted by Gasteiger charge is -2.18. The number of esters is 3. The Morgan fingerprint density at radius 2 is 0.444 bits per heavy atom. The van der Waals surface area contributed by atoms with Crippen LogP contribution in [0.3, 0.4) is 0 Å². The van der Waals surface area contributed by atoms with Crippen molar-refractivity contribution in [2.24, 2.45) is 0 Å². The van der Waals surface area contributed by atoms with Crippen LogP contribution in [0.2, 0.25) is 0 Å². The van der Waals surface area contributed by atoms with E-state index in [0.717, 1.165) is 70.6 Å². The van der Waals surface area contributed by atoms with Crippen molar-refractivity contribution < 1.29 is 28.6 Å². The number of unbranched alkanes of at least 4 members (excludes halogenated alkanes) is 48. The lowest BCUT2D eigenvalue weighted by Crippen LogP contribution is -2.30. The zero-order chi connectivity index (χ0) is 58.5. The van der Waals surface area contributed by atoms with Gasteiger partial charge in [0, 0.05) is 19.3 Å². The van der Waals surface area contributed by atoms with Gasteiger partial charge in [-0.3, -0.25) is 14.4 Å². The van der Waals surface area contributed by atoms with Gasteiger partial charge in [-0.25, -0.2) is 0 Å². The molecule has 0 fully saturated rings. The molecule has 0 rings (SSSR count). The van der Waals surface area contributed by atoms with Gasteiger partial charge in [-0.1, -0.05) is 339 Å². The zero-order valence-electron chi connectivity index (χ0n) is 54.6. The fourth-order valence-electron chi connectivity index (χ4n) is 10.9. The van der Waals surface area contributed by atoms with E-state index in [2.05, 4.69) is 69.4 Å². The summed E-state index contributed by atoms with van der Waals surface area (Å²) in [5.74, 6) is -0.846. The summed E-state index contributed by atoms with van der Waals surface area (Å²) >= 11 is 0. The molecule has 1 atom stereocenters. The van der Waals surface area contributed by atoms with Crippen molar-refractivity contribution in [3.8, 4) is 0 Å². The lowest BCUT2D eigenvalue weighted by molar-refractivity contribution is -0.167. The van der Waals surface area contributed by atoms with Crippen molar-refractivity contribution in [1.29, 1.82) is 0 Å². The molecule has 474 valence electrons. The van der Waals surface area contributed by atoms with Crippen LogP contribution < -0.4 is 0 Å². The number of rotatable bonds is 67. The van der Waals surface area contributed by atoms with Crippen molar-refractivity contribution in [2.75, 3.05) is 13.2 Å². The highest BCUT2D eigenvalue weighted by molar-refractivity contribution is 5.71. The summed E-state index contributed by atoms with van der Waals surface area (Å²) in [5, 5.41) is 0. The molecule has 0 heterocycles. The summed E-state index contributed by atoms with van der Waals surface area (Å²) in [6.45, 7) is 6.69. The molecule has 0 aliphatic rings. The minimum absolute atomic E-state index is 0.0700. The summed E-state index contributed by atoms with van der Waals surface area (Å²) < 4.78 is 17.0. The van der Waals surface area contributed by atoms with E-state index in [1.54, 1.807) is 0 Å². The molecule has 0 saturated carbocycles. The van der Waals surface area contributed by atoms with Crippen molar-refractivity contribution in [3.63, 3.8) is 0 Å². The Labute approximate surface area is 505 Å². The predicted octanol–water partition coefficient (Wildman–Crippen LogP) is 24.9. The third-order valence-electron chi connectivity index (χ3n) is 16.3. The van der Waals surface area contributed by atoms with Gasteiger partial charge in [-0.05, 0) is 83.5 Å². The fraction of sp³-hybridized carbons (Fsp3) is 0.853. The van der Waals surface area contributed by atoms with E-state index in [9.17, 15) is 14.4 Å². The minimum atomic E-state index is -0.775. The molecule has 0 aromatic rings. The Morgan fingerprint density at radius 1 is 0.247 bits per heavy atom. The molecule has 81 heavy (non-hydrogen) atoms. The van der Waals surface area contributed by atoms with E-state index >= 15 is 0 Å². The molecule has 0 aliphatic heterocycles. The molecule has 0 radical (unpaired) electrons. The summed E-state index contributed by atoms with van der Waals surface area (Å²) in [6.07, 6.45) is 88.5. The van der Waals surface area contributed by atoms with Crippen LogP contribution in [0.5, 0.6) is 0 Å². The summed E-state index contributed by atoms with van der Waals surface area (Å²) in [5.41, 5.74) is 0. The molecule has 6 heteroatoms. The highest BCUT2D eigenvalue weighted by Crippen LogP contribution is 2.18. The second-order valence-electron chi connectivity index (χ2n) is 24.5. The van der Waals surface area contributed by atoms with Gasteiger partial charge in [-0.2, -0.15) is 0 Å². The van der Waals surface area contributed by atoms with Gasteiger partial charge in [0.15, 0.2) is 6.10 Å². The van der Waals surface area contributed by atoms with Crippen molar-refractivity contribution in [1.82, 2.24) is 0 Å². The number of allylic oxidation sites excluding steroid dienone is 8. The van der Waals surface area contributed by atoms with Crippen LogP contribution in [-0.2, 0) is 28.6 Å². The molecule has 0 saturated heterocycles. The zero-order valence-corrected chi connectivity index (χ0v) is 54.6. The Morgan fingerprint density at radius 3 is 0.679 bits per heavy atom. The summed E-state index contributed by atoms with van der Waals surface area (Å²) in [7, 11) is 0. The summed E-state index contributed by atoms with van der Waals surface area (Å²) in [4.78, 5) is 38.5. The topological polar surface area (TPSA) is 78.9 Å². The highest BCUT2D eigenvalue weighted by atomic mass is 16.6. The first kappa shape index (κ1) is 78.4. The molecule has 0 amide bonds. The van der Waals surface area contributed by atoms with Gasteiger partial charge < -0.3 is 14.2 Å². The molecule has 0 aromatic carbocycles. The van der Waals surface area contributed by atoms with Crippen LogP contribution in [0.1, 0.15) is 393 Å². The maximum atomic E-state index is 13.0.